The van der Waals surface area contributed by atoms with E-state index in [2.05, 4.69) is 16.0 Å². The van der Waals surface area contributed by atoms with Crippen LogP contribution in [0.15, 0.2) is 41.8 Å². The fraction of sp³-hybridized carbons (Fsp3) is 0.550. The van der Waals surface area contributed by atoms with Gasteiger partial charge in [-0.05, 0) is 77.3 Å². The highest BCUT2D eigenvalue weighted by Gasteiger charge is 2.61. The maximum absolute atomic E-state index is 14.5. The number of hydrogen-bond acceptors (Lipinski definition) is 11. The molecule has 1 aromatic carbocycles. The molecule has 0 radical (unpaired) electrons. The van der Waals surface area contributed by atoms with E-state index in [1.807, 2.05) is 55.6 Å². The molecule has 3 fully saturated rings. The summed E-state index contributed by atoms with van der Waals surface area (Å²) in [6.45, 7) is 4.11. The highest BCUT2D eigenvalue weighted by Crippen LogP contribution is 2.45. The van der Waals surface area contributed by atoms with Crippen molar-refractivity contribution in [3.05, 3.63) is 41.8 Å². The summed E-state index contributed by atoms with van der Waals surface area (Å²) in [7, 11) is 1.58. The van der Waals surface area contributed by atoms with Gasteiger partial charge in [0.05, 0.1) is 24.9 Å². The summed E-state index contributed by atoms with van der Waals surface area (Å²) in [5, 5.41) is 22.6. The molecular formula is C40H50N6O8S. The number of nitrogens with one attached hydrogen (secondary N) is 3. The van der Waals surface area contributed by atoms with Crippen LogP contribution in [-0.4, -0.2) is 93.4 Å². The lowest BCUT2D eigenvalue weighted by atomic mass is 10.0. The topological polar surface area (TPSA) is 181 Å². The van der Waals surface area contributed by atoms with Crippen molar-refractivity contribution in [1.82, 2.24) is 25.5 Å². The lowest BCUT2D eigenvalue weighted by molar-refractivity contribution is -0.145. The molecule has 2 saturated carbocycles. The predicted octanol–water partition coefficient (Wildman–Crippen LogP) is 6.05. The average molecular weight is 775 g/mol. The van der Waals surface area contributed by atoms with Gasteiger partial charge in [0.15, 0.2) is 5.13 Å². The molecule has 2 aliphatic heterocycles. The van der Waals surface area contributed by atoms with Crippen LogP contribution in [0, 0.1) is 5.92 Å². The second kappa shape index (κ2) is 16.4. The van der Waals surface area contributed by atoms with Gasteiger partial charge in [0.25, 0.3) is 0 Å². The maximum atomic E-state index is 14.5. The SMILES string of the molecule is COc1ccc2c(O[C@@H]3C[C@H]4C(=O)N[C@@]5(C(=O)O)C[C@H]5/C=C/CCCCCC(NC(=O)OC5CCCC5)C(=O)N4C3)cc(-c3csc(NC(C)C)n3)nc2c1. The number of aromatic nitrogens is 2. The third kappa shape index (κ3) is 8.66. The summed E-state index contributed by atoms with van der Waals surface area (Å²) in [5.41, 5.74) is 0.394. The minimum Gasteiger partial charge on any atom is -0.497 e. The van der Waals surface area contributed by atoms with Crippen molar-refractivity contribution in [1.29, 1.82) is 0 Å². The Morgan fingerprint density at radius 3 is 2.60 bits per heavy atom. The zero-order valence-corrected chi connectivity index (χ0v) is 32.4. The quantitative estimate of drug-likeness (QED) is 0.186. The molecule has 1 unspecified atom stereocenters. The highest BCUT2D eigenvalue weighted by atomic mass is 32.1. The minimum atomic E-state index is -1.45. The molecule has 4 heterocycles. The second-order valence-electron chi connectivity index (χ2n) is 15.4. The molecule has 0 bridgehead atoms. The van der Waals surface area contributed by atoms with Crippen molar-refractivity contribution in [3.63, 3.8) is 0 Å². The number of fused-ring (bicyclic) bond motifs is 3. The van der Waals surface area contributed by atoms with Crippen molar-refractivity contribution in [2.24, 2.45) is 5.92 Å². The van der Waals surface area contributed by atoms with Crippen LogP contribution in [0.25, 0.3) is 22.3 Å². The smallest absolute Gasteiger partial charge is 0.408 e. The van der Waals surface area contributed by atoms with Crippen molar-refractivity contribution in [3.8, 4) is 22.9 Å². The van der Waals surface area contributed by atoms with Crippen LogP contribution in [0.2, 0.25) is 0 Å². The number of aliphatic carboxylic acids is 1. The first-order chi connectivity index (χ1) is 26.5. The van der Waals surface area contributed by atoms with E-state index in [1.165, 1.54) is 16.2 Å². The maximum Gasteiger partial charge on any atom is 0.408 e. The molecule has 1 saturated heterocycles. The highest BCUT2D eigenvalue weighted by molar-refractivity contribution is 7.14. The Hall–Kier alpha value is -4.92. The summed E-state index contributed by atoms with van der Waals surface area (Å²) < 4.78 is 17.9. The molecule has 15 heteroatoms. The number of carboxylic acids is 1. The number of carbonyl (C=O) groups is 4. The normalized spacial score (nSPS) is 26.7. The first kappa shape index (κ1) is 38.4. The lowest BCUT2D eigenvalue weighted by Crippen LogP contribution is -2.56. The summed E-state index contributed by atoms with van der Waals surface area (Å²) in [6, 6.07) is 5.50. The number of benzene rings is 1. The van der Waals surface area contributed by atoms with Gasteiger partial charge in [-0.3, -0.25) is 9.59 Å². The summed E-state index contributed by atoms with van der Waals surface area (Å²) >= 11 is 1.47. The Morgan fingerprint density at radius 2 is 1.84 bits per heavy atom. The lowest BCUT2D eigenvalue weighted by Gasteiger charge is -2.29. The second-order valence-corrected chi connectivity index (χ2v) is 16.2. The van der Waals surface area contributed by atoms with Crippen molar-refractivity contribution in [2.75, 3.05) is 19.0 Å². The number of ether oxygens (including phenoxy) is 3. The largest absolute Gasteiger partial charge is 0.497 e. The van der Waals surface area contributed by atoms with Crippen LogP contribution in [0.1, 0.15) is 84.5 Å². The number of hydrogen-bond donors (Lipinski definition) is 4. The summed E-state index contributed by atoms with van der Waals surface area (Å²) in [4.78, 5) is 65.5. The van der Waals surface area contributed by atoms with E-state index < -0.39 is 47.6 Å². The van der Waals surface area contributed by atoms with Crippen molar-refractivity contribution >= 4 is 51.2 Å². The molecule has 7 rings (SSSR count). The van der Waals surface area contributed by atoms with Crippen LogP contribution in [0.4, 0.5) is 9.93 Å². The van der Waals surface area contributed by atoms with Crippen molar-refractivity contribution in [2.45, 2.75) is 120 Å². The standard InChI is InChI=1S/C40H50N6O8S/c1-23(2)41-38-43-32(22-55-38)31-19-34(28-16-15-26(52-3)17-30(28)42-31)53-27-18-33-35(47)45-40(37(49)50)20-24(40)11-7-5-4-6-8-14-29(36(48)46(33)21-27)44-39(51)54-25-12-9-10-13-25/h7,11,15-17,19,22-25,27,29,33H,4-6,8-10,12-14,18,20-21H2,1-3H3,(H,41,43)(H,44,51)(H,45,47)(H,49,50)/b11-7+/t24-,27-,29?,33+,40+/m1/s1. The first-order valence-electron chi connectivity index (χ1n) is 19.4. The summed E-state index contributed by atoms with van der Waals surface area (Å²) in [6.07, 6.45) is 9.71. The molecule has 14 nitrogen and oxygen atoms in total. The Bertz CT molecular complexity index is 1940. The van der Waals surface area contributed by atoms with Gasteiger partial charge < -0.3 is 40.2 Å². The van der Waals surface area contributed by atoms with Gasteiger partial charge in [0.2, 0.25) is 11.8 Å². The zero-order valence-electron chi connectivity index (χ0n) is 31.5. The minimum absolute atomic E-state index is 0.0324. The van der Waals surface area contributed by atoms with E-state index in [9.17, 15) is 24.3 Å². The molecule has 294 valence electrons. The van der Waals surface area contributed by atoms with E-state index >= 15 is 0 Å². The number of amides is 3. The Balaban J connectivity index is 1.20. The molecule has 3 aromatic rings. The number of alkyl carbamates (subject to hydrolysis) is 1. The molecule has 5 atom stereocenters. The number of thiazole rings is 1. The number of pyridine rings is 1. The molecule has 3 amide bonds. The molecule has 4 N–H and O–H groups in total. The number of allylic oxidation sites excluding steroid dienone is 1. The van der Waals surface area contributed by atoms with Crippen LogP contribution in [-0.2, 0) is 19.1 Å². The van der Waals surface area contributed by atoms with Crippen LogP contribution in [0.5, 0.6) is 11.5 Å². The third-order valence-electron chi connectivity index (χ3n) is 10.9. The van der Waals surface area contributed by atoms with Gasteiger partial charge in [0.1, 0.15) is 47.0 Å². The number of carbonyl (C=O) groups excluding carboxylic acids is 3. The van der Waals surface area contributed by atoms with Gasteiger partial charge >= 0.3 is 12.1 Å². The van der Waals surface area contributed by atoms with Crippen LogP contribution < -0.4 is 25.4 Å². The molecule has 2 aromatic heterocycles. The fourth-order valence-electron chi connectivity index (χ4n) is 7.90. The predicted molar refractivity (Wildman–Crippen MR) is 207 cm³/mol. The van der Waals surface area contributed by atoms with Gasteiger partial charge in [-0.25, -0.2) is 19.6 Å². The summed E-state index contributed by atoms with van der Waals surface area (Å²) in [5.74, 6) is -1.37. The number of carboxylic acid groups (broad SMARTS) is 1. The van der Waals surface area contributed by atoms with Gasteiger partial charge in [-0.15, -0.1) is 11.3 Å². The van der Waals surface area contributed by atoms with E-state index in [-0.39, 0.29) is 37.5 Å². The first-order valence-corrected chi connectivity index (χ1v) is 20.3. The van der Waals surface area contributed by atoms with Crippen LogP contribution in [0.3, 0.4) is 0 Å². The molecule has 55 heavy (non-hydrogen) atoms. The average Bonchev–Trinajstić information content (AvgIpc) is 3.58. The van der Waals surface area contributed by atoms with Gasteiger partial charge in [-0.2, -0.15) is 0 Å². The molecule has 2 aliphatic carbocycles. The van der Waals surface area contributed by atoms with Crippen LogP contribution >= 0.6 is 11.3 Å². The fourth-order valence-corrected chi connectivity index (χ4v) is 8.75. The monoisotopic (exact) mass is 774 g/mol. The Kier molecular flexibility index (Phi) is 11.5. The van der Waals surface area contributed by atoms with E-state index in [0.717, 1.165) is 50.1 Å². The van der Waals surface area contributed by atoms with Gasteiger partial charge in [0, 0.05) is 41.3 Å². The third-order valence-corrected chi connectivity index (χ3v) is 11.7. The van der Waals surface area contributed by atoms with E-state index in [0.29, 0.717) is 46.6 Å². The number of methoxy groups -OCH3 is 1. The number of nitrogens with zero attached hydrogens (tertiary/aromatic N) is 3. The molecular weight excluding hydrogens is 725 g/mol. The molecule has 4 aliphatic rings. The van der Waals surface area contributed by atoms with E-state index in [1.54, 1.807) is 7.11 Å². The van der Waals surface area contributed by atoms with Crippen molar-refractivity contribution < 1.29 is 38.5 Å². The number of anilines is 1. The Labute approximate surface area is 324 Å². The van der Waals surface area contributed by atoms with Gasteiger partial charge in [-0.1, -0.05) is 25.0 Å². The Morgan fingerprint density at radius 1 is 1.04 bits per heavy atom. The van der Waals surface area contributed by atoms with E-state index in [4.69, 9.17) is 24.2 Å². The zero-order chi connectivity index (χ0) is 38.7. The number of rotatable bonds is 9. The molecule has 0 spiro atoms.